The molecule has 0 spiro atoms. The molecule has 1 unspecified atom stereocenters. The highest BCUT2D eigenvalue weighted by molar-refractivity contribution is 5.95. The van der Waals surface area contributed by atoms with Crippen molar-refractivity contribution in [3.63, 3.8) is 0 Å². The number of methoxy groups -OCH3 is 2. The van der Waals surface area contributed by atoms with Gasteiger partial charge in [-0.1, -0.05) is 0 Å². The highest BCUT2D eigenvalue weighted by Crippen LogP contribution is 2.32. The number of nitrogens with one attached hydrogen (secondary N) is 2. The molecule has 1 aromatic rings. The van der Waals surface area contributed by atoms with Gasteiger partial charge in [0.25, 0.3) is 5.91 Å². The highest BCUT2D eigenvalue weighted by Gasteiger charge is 2.52. The number of aliphatic hydroxyl groups is 5. The van der Waals surface area contributed by atoms with Crippen molar-refractivity contribution in [2.45, 2.75) is 68.2 Å². The molecule has 2 heterocycles. The van der Waals surface area contributed by atoms with Gasteiger partial charge in [0.2, 0.25) is 17.5 Å². The summed E-state index contributed by atoms with van der Waals surface area (Å²) < 4.78 is 83.1. The SMILES string of the molecule is COc1c(F)c(F)c(C(=O)N[C@H]2[C@@H](O)[C@@H](CO)O[C@@H](O[C@H]3[C@H](O)[C@@H](NC(C)=O)C(OC)O[C@@H]3CO)[C@@H]2O)c(F)c1F. The van der Waals surface area contributed by atoms with Crippen molar-refractivity contribution >= 4 is 11.8 Å². The van der Waals surface area contributed by atoms with E-state index in [1.807, 2.05) is 5.32 Å². The molecular weight excluding hydrogens is 572 g/mol. The van der Waals surface area contributed by atoms with Gasteiger partial charge in [-0.3, -0.25) is 9.59 Å². The van der Waals surface area contributed by atoms with E-state index in [2.05, 4.69) is 10.1 Å². The Bertz CT molecular complexity index is 1090. The molecule has 232 valence electrons. The van der Waals surface area contributed by atoms with Crippen LogP contribution in [0.1, 0.15) is 17.3 Å². The number of amides is 2. The number of ether oxygens (including phenoxy) is 5. The second kappa shape index (κ2) is 13.5. The second-order valence-electron chi connectivity index (χ2n) is 9.15. The van der Waals surface area contributed by atoms with Crippen molar-refractivity contribution < 1.29 is 76.4 Å². The van der Waals surface area contributed by atoms with Crippen LogP contribution in [0, 0.1) is 23.3 Å². The fourth-order valence-electron chi connectivity index (χ4n) is 4.56. The Morgan fingerprint density at radius 1 is 0.805 bits per heavy atom. The zero-order valence-corrected chi connectivity index (χ0v) is 21.8. The predicted molar refractivity (Wildman–Crippen MR) is 123 cm³/mol. The molecule has 0 aliphatic carbocycles. The lowest BCUT2D eigenvalue weighted by molar-refractivity contribution is -0.336. The van der Waals surface area contributed by atoms with Crippen LogP contribution < -0.4 is 15.4 Å². The van der Waals surface area contributed by atoms with E-state index in [0.717, 1.165) is 14.0 Å². The number of hydrogen-bond acceptors (Lipinski definition) is 12. The summed E-state index contributed by atoms with van der Waals surface area (Å²) in [5.74, 6) is -12.2. The maximum Gasteiger partial charge on any atom is 0.257 e. The Labute approximate surface area is 229 Å². The first-order valence-corrected chi connectivity index (χ1v) is 12.1. The predicted octanol–water partition coefficient (Wildman–Crippen LogP) is -2.60. The van der Waals surface area contributed by atoms with E-state index in [0.29, 0.717) is 0 Å². The number of rotatable bonds is 9. The van der Waals surface area contributed by atoms with Crippen LogP contribution in [0.5, 0.6) is 5.75 Å². The third kappa shape index (κ3) is 6.40. The topological polar surface area (TPSA) is 205 Å². The van der Waals surface area contributed by atoms with E-state index < -0.39 is 121 Å². The van der Waals surface area contributed by atoms with Crippen molar-refractivity contribution in [3.05, 3.63) is 28.8 Å². The van der Waals surface area contributed by atoms with Crippen LogP contribution in [0.15, 0.2) is 0 Å². The zero-order valence-electron chi connectivity index (χ0n) is 21.8. The number of carbonyl (C=O) groups is 2. The van der Waals surface area contributed by atoms with Gasteiger partial charge in [0, 0.05) is 14.0 Å². The average molecular weight is 602 g/mol. The van der Waals surface area contributed by atoms with E-state index in [9.17, 15) is 52.7 Å². The first-order chi connectivity index (χ1) is 19.3. The summed E-state index contributed by atoms with van der Waals surface area (Å²) in [6.45, 7) is -0.604. The molecule has 0 saturated carbocycles. The fourth-order valence-corrected chi connectivity index (χ4v) is 4.56. The first kappa shape index (κ1) is 32.8. The van der Waals surface area contributed by atoms with E-state index >= 15 is 0 Å². The average Bonchev–Trinajstić information content (AvgIpc) is 2.93. The minimum Gasteiger partial charge on any atom is -0.491 e. The molecule has 2 fully saturated rings. The second-order valence-corrected chi connectivity index (χ2v) is 9.15. The molecule has 0 bridgehead atoms. The van der Waals surface area contributed by atoms with Crippen LogP contribution in [0.2, 0.25) is 0 Å². The maximum absolute atomic E-state index is 14.5. The lowest BCUT2D eigenvalue weighted by atomic mass is 9.94. The molecule has 14 nitrogen and oxygen atoms in total. The Balaban J connectivity index is 1.90. The summed E-state index contributed by atoms with van der Waals surface area (Å²) in [5.41, 5.74) is -1.75. The van der Waals surface area contributed by atoms with Crippen LogP contribution >= 0.6 is 0 Å². The molecule has 1 aromatic carbocycles. The lowest BCUT2D eigenvalue weighted by Crippen LogP contribution is -2.69. The number of benzene rings is 1. The summed E-state index contributed by atoms with van der Waals surface area (Å²) in [7, 11) is 1.93. The number of hydrogen-bond donors (Lipinski definition) is 7. The summed E-state index contributed by atoms with van der Waals surface area (Å²) in [5, 5.41) is 56.0. The monoisotopic (exact) mass is 602 g/mol. The van der Waals surface area contributed by atoms with Gasteiger partial charge in [-0.15, -0.1) is 0 Å². The molecule has 2 saturated heterocycles. The number of halogens is 4. The third-order valence-electron chi connectivity index (χ3n) is 6.58. The molecule has 2 aliphatic rings. The fraction of sp³-hybridized carbons (Fsp3) is 0.652. The lowest BCUT2D eigenvalue weighted by Gasteiger charge is -2.47. The molecular formula is C23H30F4N2O12. The Morgan fingerprint density at radius 3 is 1.85 bits per heavy atom. The Kier molecular flexibility index (Phi) is 10.8. The zero-order chi connectivity index (χ0) is 30.8. The van der Waals surface area contributed by atoms with E-state index in [-0.39, 0.29) is 0 Å². The van der Waals surface area contributed by atoms with Crippen LogP contribution in [0.4, 0.5) is 17.6 Å². The largest absolute Gasteiger partial charge is 0.491 e. The molecule has 0 radical (unpaired) electrons. The normalized spacial score (nSPS) is 33.8. The van der Waals surface area contributed by atoms with Crippen LogP contribution in [0.25, 0.3) is 0 Å². The summed E-state index contributed by atoms with van der Waals surface area (Å²) in [6.07, 6.45) is -13.5. The molecule has 2 amide bonds. The van der Waals surface area contributed by atoms with E-state index in [4.69, 9.17) is 18.9 Å². The number of carbonyl (C=O) groups excluding carboxylic acids is 2. The molecule has 10 atom stereocenters. The van der Waals surface area contributed by atoms with Crippen molar-refractivity contribution in [2.24, 2.45) is 0 Å². The molecule has 41 heavy (non-hydrogen) atoms. The quantitative estimate of drug-likeness (QED) is 0.115. The van der Waals surface area contributed by atoms with E-state index in [1.165, 1.54) is 7.11 Å². The van der Waals surface area contributed by atoms with Gasteiger partial charge in [-0.25, -0.2) is 8.78 Å². The van der Waals surface area contributed by atoms with Crippen LogP contribution in [0.3, 0.4) is 0 Å². The van der Waals surface area contributed by atoms with Gasteiger partial charge < -0.3 is 59.9 Å². The van der Waals surface area contributed by atoms with Crippen molar-refractivity contribution in [2.75, 3.05) is 27.4 Å². The van der Waals surface area contributed by atoms with Crippen molar-refractivity contribution in [1.82, 2.24) is 10.6 Å². The minimum atomic E-state index is -2.13. The van der Waals surface area contributed by atoms with Gasteiger partial charge in [-0.2, -0.15) is 8.78 Å². The third-order valence-corrected chi connectivity index (χ3v) is 6.58. The first-order valence-electron chi connectivity index (χ1n) is 12.1. The summed E-state index contributed by atoms with van der Waals surface area (Å²) >= 11 is 0. The van der Waals surface area contributed by atoms with E-state index in [1.54, 1.807) is 0 Å². The Morgan fingerprint density at radius 2 is 1.37 bits per heavy atom. The van der Waals surface area contributed by atoms with Gasteiger partial charge >= 0.3 is 0 Å². The van der Waals surface area contributed by atoms with Gasteiger partial charge in [0.1, 0.15) is 48.2 Å². The van der Waals surface area contributed by atoms with Gasteiger partial charge in [0.15, 0.2) is 30.0 Å². The molecule has 18 heteroatoms. The molecule has 0 aromatic heterocycles. The maximum atomic E-state index is 14.5. The van der Waals surface area contributed by atoms with Crippen molar-refractivity contribution in [1.29, 1.82) is 0 Å². The van der Waals surface area contributed by atoms with Crippen LogP contribution in [-0.2, 0) is 23.7 Å². The van der Waals surface area contributed by atoms with Crippen LogP contribution in [-0.4, -0.2) is 126 Å². The molecule has 2 aliphatic heterocycles. The molecule has 3 rings (SSSR count). The number of aliphatic hydroxyl groups excluding tert-OH is 5. The smallest absolute Gasteiger partial charge is 0.257 e. The Hall–Kier alpha value is -2.68. The van der Waals surface area contributed by atoms with Crippen molar-refractivity contribution in [3.8, 4) is 5.75 Å². The highest BCUT2D eigenvalue weighted by atomic mass is 19.2. The standard InChI is InChI=1S/C23H30F4N2O12/c1-6(32)28-15-17(34)19(8(5-31)40-22(15)38-3)41-23-18(35)14(16(33)7(4-30)39-23)29-21(36)9-10(24)12(26)20(37-2)13(27)11(9)25/h7-8,14-19,22-23,30-31,33-35H,4-5H2,1-3H3,(H,28,32)(H,29,36)/t7-,8-,14+,15-,16+,17-,18-,19-,22?,23+/m1/s1. The molecule has 7 N–H and O–H groups in total. The summed E-state index contributed by atoms with van der Waals surface area (Å²) in [4.78, 5) is 24.4. The summed E-state index contributed by atoms with van der Waals surface area (Å²) in [6, 6.07) is -3.20. The van der Waals surface area contributed by atoms with Gasteiger partial charge in [0.05, 0.1) is 26.4 Å². The minimum absolute atomic E-state index is 0.605. The van der Waals surface area contributed by atoms with Gasteiger partial charge in [-0.05, 0) is 0 Å².